The predicted molar refractivity (Wildman–Crippen MR) is 80.7 cm³/mol. The topological polar surface area (TPSA) is 80.9 Å². The third-order valence-electron chi connectivity index (χ3n) is 3.39. The lowest BCUT2D eigenvalue weighted by molar-refractivity contribution is 0.0697. The number of fused-ring (bicyclic) bond motifs is 1. The highest BCUT2D eigenvalue weighted by Gasteiger charge is 2.19. The number of imidazole rings is 1. The Kier molecular flexibility index (Phi) is 3.21. The van der Waals surface area contributed by atoms with Crippen molar-refractivity contribution in [2.45, 2.75) is 19.8 Å². The molecule has 0 spiro atoms. The van der Waals surface area contributed by atoms with Crippen LogP contribution in [0.3, 0.4) is 0 Å². The molecule has 21 heavy (non-hydrogen) atoms. The molecule has 0 saturated heterocycles. The van der Waals surface area contributed by atoms with Crippen molar-refractivity contribution in [2.75, 3.05) is 0 Å². The Labute approximate surface area is 125 Å². The summed E-state index contributed by atoms with van der Waals surface area (Å²) in [6, 6.07) is 4.95. The molecule has 0 amide bonds. The molecule has 0 fully saturated rings. The second kappa shape index (κ2) is 4.92. The molecule has 0 unspecified atom stereocenters. The average molecular weight is 302 g/mol. The van der Waals surface area contributed by atoms with Gasteiger partial charge in [-0.1, -0.05) is 18.3 Å². The maximum absolute atomic E-state index is 11.1. The number of carbonyl (C=O) groups is 1. The van der Waals surface area contributed by atoms with Gasteiger partial charge in [0.05, 0.1) is 22.3 Å². The quantitative estimate of drug-likeness (QED) is 0.804. The molecule has 6 nitrogen and oxygen atoms in total. The normalized spacial score (nSPS) is 11.4. The van der Waals surface area contributed by atoms with Crippen LogP contribution in [-0.4, -0.2) is 30.2 Å². The highest BCUT2D eigenvalue weighted by Crippen LogP contribution is 2.32. The second-order valence-corrected chi connectivity index (χ2v) is 5.90. The van der Waals surface area contributed by atoms with E-state index in [0.717, 1.165) is 21.9 Å². The van der Waals surface area contributed by atoms with Crippen LogP contribution in [-0.2, 0) is 7.05 Å². The number of aromatic nitrogens is 4. The summed E-state index contributed by atoms with van der Waals surface area (Å²) in [7, 11) is 1.91. The SMILES string of the molecule is CC(C)c1nnsc1-c1nc2cc(C(=O)O)ccc2n1C. The number of nitrogens with zero attached hydrogens (tertiary/aromatic N) is 4. The molecule has 2 heterocycles. The van der Waals surface area contributed by atoms with Gasteiger partial charge in [0.25, 0.3) is 0 Å². The van der Waals surface area contributed by atoms with Crippen molar-refractivity contribution in [3.05, 3.63) is 29.5 Å². The molecule has 0 bridgehead atoms. The van der Waals surface area contributed by atoms with E-state index in [2.05, 4.69) is 28.4 Å². The van der Waals surface area contributed by atoms with E-state index < -0.39 is 5.97 Å². The van der Waals surface area contributed by atoms with Gasteiger partial charge < -0.3 is 9.67 Å². The Balaban J connectivity index is 2.22. The molecule has 2 aromatic heterocycles. The summed E-state index contributed by atoms with van der Waals surface area (Å²) in [5, 5.41) is 13.2. The maximum atomic E-state index is 11.1. The lowest BCUT2D eigenvalue weighted by Crippen LogP contribution is -1.96. The van der Waals surface area contributed by atoms with Crippen molar-refractivity contribution in [3.8, 4) is 10.7 Å². The number of benzene rings is 1. The Morgan fingerprint density at radius 1 is 1.38 bits per heavy atom. The Morgan fingerprint density at radius 3 is 2.81 bits per heavy atom. The van der Waals surface area contributed by atoms with Crippen molar-refractivity contribution in [2.24, 2.45) is 7.05 Å². The zero-order chi connectivity index (χ0) is 15.1. The number of aromatic carboxylic acids is 1. The maximum Gasteiger partial charge on any atom is 0.335 e. The van der Waals surface area contributed by atoms with Crippen LogP contribution in [0.1, 0.15) is 35.8 Å². The molecule has 0 radical (unpaired) electrons. The van der Waals surface area contributed by atoms with Gasteiger partial charge in [0.2, 0.25) is 0 Å². The number of carboxylic acid groups (broad SMARTS) is 1. The fraction of sp³-hybridized carbons (Fsp3) is 0.286. The molecule has 3 rings (SSSR count). The van der Waals surface area contributed by atoms with Crippen LogP contribution < -0.4 is 0 Å². The van der Waals surface area contributed by atoms with Crippen LogP contribution in [0.2, 0.25) is 0 Å². The summed E-state index contributed by atoms with van der Waals surface area (Å²) < 4.78 is 5.97. The van der Waals surface area contributed by atoms with E-state index in [0.29, 0.717) is 5.52 Å². The van der Waals surface area contributed by atoms with E-state index in [1.165, 1.54) is 11.5 Å². The van der Waals surface area contributed by atoms with E-state index in [-0.39, 0.29) is 11.5 Å². The van der Waals surface area contributed by atoms with Crippen LogP contribution in [0.15, 0.2) is 18.2 Å². The van der Waals surface area contributed by atoms with Gasteiger partial charge >= 0.3 is 5.97 Å². The fourth-order valence-electron chi connectivity index (χ4n) is 2.27. The van der Waals surface area contributed by atoms with Crippen molar-refractivity contribution < 1.29 is 9.90 Å². The highest BCUT2D eigenvalue weighted by molar-refractivity contribution is 7.09. The molecule has 0 aliphatic rings. The molecule has 7 heteroatoms. The predicted octanol–water partition coefficient (Wildman–Crippen LogP) is 2.91. The highest BCUT2D eigenvalue weighted by atomic mass is 32.1. The molecular formula is C14H14N4O2S. The third kappa shape index (κ3) is 2.19. The first-order chi connectivity index (χ1) is 9.99. The minimum Gasteiger partial charge on any atom is -0.478 e. The van der Waals surface area contributed by atoms with Crippen LogP contribution in [0, 0.1) is 0 Å². The van der Waals surface area contributed by atoms with E-state index in [4.69, 9.17) is 5.11 Å². The number of hydrogen-bond acceptors (Lipinski definition) is 5. The van der Waals surface area contributed by atoms with Gasteiger partial charge in [-0.3, -0.25) is 0 Å². The lowest BCUT2D eigenvalue weighted by Gasteiger charge is -2.04. The lowest BCUT2D eigenvalue weighted by atomic mass is 10.1. The van der Waals surface area contributed by atoms with E-state index in [1.807, 2.05) is 11.6 Å². The first kappa shape index (κ1) is 13.7. The summed E-state index contributed by atoms with van der Waals surface area (Å²) >= 11 is 1.31. The smallest absolute Gasteiger partial charge is 0.335 e. The van der Waals surface area contributed by atoms with Crippen molar-refractivity contribution in [3.63, 3.8) is 0 Å². The van der Waals surface area contributed by atoms with Crippen LogP contribution in [0.5, 0.6) is 0 Å². The summed E-state index contributed by atoms with van der Waals surface area (Å²) in [4.78, 5) is 16.6. The van der Waals surface area contributed by atoms with Gasteiger partial charge in [-0.2, -0.15) is 0 Å². The van der Waals surface area contributed by atoms with Crippen LogP contribution in [0.4, 0.5) is 0 Å². The van der Waals surface area contributed by atoms with Crippen molar-refractivity contribution in [1.82, 2.24) is 19.1 Å². The van der Waals surface area contributed by atoms with E-state index in [1.54, 1.807) is 18.2 Å². The molecule has 0 aliphatic carbocycles. The first-order valence-electron chi connectivity index (χ1n) is 6.51. The zero-order valence-corrected chi connectivity index (χ0v) is 12.7. The number of rotatable bonds is 3. The standard InChI is InChI=1S/C14H14N4O2S/c1-7(2)11-12(21-17-16-11)13-15-9-6-8(14(19)20)4-5-10(9)18(13)3/h4-7H,1-3H3,(H,19,20). The summed E-state index contributed by atoms with van der Waals surface area (Å²) in [6.45, 7) is 4.12. The summed E-state index contributed by atoms with van der Waals surface area (Å²) in [5.74, 6) is 0.0748. The van der Waals surface area contributed by atoms with Crippen molar-refractivity contribution >= 4 is 28.5 Å². The minimum absolute atomic E-state index is 0.235. The van der Waals surface area contributed by atoms with Gasteiger partial charge in [-0.25, -0.2) is 9.78 Å². The molecule has 3 aromatic rings. The van der Waals surface area contributed by atoms with Gasteiger partial charge in [0, 0.05) is 7.05 Å². The molecule has 1 aromatic carbocycles. The number of hydrogen-bond donors (Lipinski definition) is 1. The Hall–Kier alpha value is -2.28. The minimum atomic E-state index is -0.952. The number of carboxylic acids is 1. The molecular weight excluding hydrogens is 288 g/mol. The fourth-order valence-corrected chi connectivity index (χ4v) is 3.11. The summed E-state index contributed by atoms with van der Waals surface area (Å²) in [6.07, 6.45) is 0. The Bertz CT molecular complexity index is 835. The van der Waals surface area contributed by atoms with Gasteiger partial charge in [-0.05, 0) is 35.6 Å². The molecule has 108 valence electrons. The molecule has 0 atom stereocenters. The molecule has 0 saturated carbocycles. The monoisotopic (exact) mass is 302 g/mol. The van der Waals surface area contributed by atoms with Gasteiger partial charge in [0.1, 0.15) is 4.88 Å². The van der Waals surface area contributed by atoms with Crippen molar-refractivity contribution in [1.29, 1.82) is 0 Å². The van der Waals surface area contributed by atoms with E-state index >= 15 is 0 Å². The summed E-state index contributed by atoms with van der Waals surface area (Å²) in [5.41, 5.74) is 2.70. The number of aryl methyl sites for hydroxylation is 1. The zero-order valence-electron chi connectivity index (χ0n) is 11.9. The van der Waals surface area contributed by atoms with E-state index in [9.17, 15) is 4.79 Å². The first-order valence-corrected chi connectivity index (χ1v) is 7.28. The van der Waals surface area contributed by atoms with Gasteiger partial charge in [-0.15, -0.1) is 5.10 Å². The Morgan fingerprint density at radius 2 is 2.14 bits per heavy atom. The third-order valence-corrected chi connectivity index (χ3v) is 4.13. The van der Waals surface area contributed by atoms with Gasteiger partial charge in [0.15, 0.2) is 5.82 Å². The van der Waals surface area contributed by atoms with Crippen LogP contribution in [0.25, 0.3) is 21.7 Å². The molecule has 0 aliphatic heterocycles. The average Bonchev–Trinajstić information content (AvgIpc) is 3.03. The second-order valence-electron chi connectivity index (χ2n) is 5.15. The molecule has 1 N–H and O–H groups in total. The van der Waals surface area contributed by atoms with Crippen LogP contribution >= 0.6 is 11.5 Å². The largest absolute Gasteiger partial charge is 0.478 e.